The van der Waals surface area contributed by atoms with Crippen molar-refractivity contribution in [3.63, 3.8) is 0 Å². The molecule has 1 N–H and O–H groups in total. The number of hydrogen-bond acceptors (Lipinski definition) is 6. The molecular weight excluding hydrogens is 430 g/mol. The quantitative estimate of drug-likeness (QED) is 0.475. The molecular formula is C14H6Cl2F3N5O2S. The summed E-state index contributed by atoms with van der Waals surface area (Å²) < 4.78 is 39.5. The Balaban J connectivity index is 2.17. The molecule has 2 aromatic heterocycles. The second-order valence-electron chi connectivity index (χ2n) is 5.06. The number of halogens is 5. The number of nitrogens with zero attached hydrogens (tertiary/aromatic N) is 4. The van der Waals surface area contributed by atoms with Crippen LogP contribution < -0.4 is 4.80 Å². The minimum Gasteiger partial charge on any atom is -0.273 e. The number of benzene rings is 1. The summed E-state index contributed by atoms with van der Waals surface area (Å²) in [6, 6.07) is 2.68. The summed E-state index contributed by atoms with van der Waals surface area (Å²) in [5.74, 6) is 0. The fourth-order valence-electron chi connectivity index (χ4n) is 2.20. The normalized spacial score (nSPS) is 11.6. The van der Waals surface area contributed by atoms with Gasteiger partial charge in [0.25, 0.3) is 5.69 Å². The van der Waals surface area contributed by atoms with Crippen molar-refractivity contribution in [3.8, 4) is 16.3 Å². The van der Waals surface area contributed by atoms with E-state index >= 15 is 0 Å². The molecule has 0 aliphatic carbocycles. The summed E-state index contributed by atoms with van der Waals surface area (Å²) in [5, 5.41) is 22.6. The van der Waals surface area contributed by atoms with Gasteiger partial charge in [-0.25, -0.2) is 4.68 Å². The maximum atomic E-state index is 12.9. The van der Waals surface area contributed by atoms with Crippen LogP contribution in [-0.2, 0) is 6.18 Å². The Morgan fingerprint density at radius 3 is 2.44 bits per heavy atom. The van der Waals surface area contributed by atoms with Gasteiger partial charge < -0.3 is 0 Å². The van der Waals surface area contributed by atoms with Crippen molar-refractivity contribution in [1.82, 2.24) is 14.8 Å². The number of hydrogen-bond donors (Lipinski definition) is 1. The lowest BCUT2D eigenvalue weighted by molar-refractivity contribution is -0.384. The summed E-state index contributed by atoms with van der Waals surface area (Å²) in [4.78, 5) is 13.9. The van der Waals surface area contributed by atoms with Crippen LogP contribution in [0.5, 0.6) is 0 Å². The monoisotopic (exact) mass is 435 g/mol. The summed E-state index contributed by atoms with van der Waals surface area (Å²) in [7, 11) is 0. The lowest BCUT2D eigenvalue weighted by atomic mass is 10.2. The molecule has 3 rings (SSSR count). The Morgan fingerprint density at radius 1 is 1.26 bits per heavy atom. The molecule has 140 valence electrons. The molecule has 0 fully saturated rings. The van der Waals surface area contributed by atoms with Gasteiger partial charge in [0, 0.05) is 6.20 Å². The lowest BCUT2D eigenvalue weighted by Gasteiger charge is -2.12. The topological polar surface area (TPSA) is 97.7 Å². The minimum absolute atomic E-state index is 0.0844. The zero-order chi connectivity index (χ0) is 19.9. The average Bonchev–Trinajstić information content (AvgIpc) is 2.95. The van der Waals surface area contributed by atoms with E-state index in [1.165, 1.54) is 12.3 Å². The predicted molar refractivity (Wildman–Crippen MR) is 92.2 cm³/mol. The van der Waals surface area contributed by atoms with Crippen molar-refractivity contribution in [2.75, 3.05) is 0 Å². The molecule has 27 heavy (non-hydrogen) atoms. The maximum absolute atomic E-state index is 12.9. The van der Waals surface area contributed by atoms with Gasteiger partial charge in [0.1, 0.15) is 11.9 Å². The van der Waals surface area contributed by atoms with E-state index in [1.807, 2.05) is 0 Å². The van der Waals surface area contributed by atoms with Gasteiger partial charge in [0.2, 0.25) is 4.80 Å². The second kappa shape index (κ2) is 6.91. The first-order valence-electron chi connectivity index (χ1n) is 6.89. The number of alkyl halides is 3. The van der Waals surface area contributed by atoms with Crippen LogP contribution in [0.1, 0.15) is 5.56 Å². The molecule has 0 saturated carbocycles. The van der Waals surface area contributed by atoms with Crippen LogP contribution in [0.2, 0.25) is 10.0 Å². The van der Waals surface area contributed by atoms with Gasteiger partial charge in [0.05, 0.1) is 26.1 Å². The highest BCUT2D eigenvalue weighted by Gasteiger charge is 2.32. The third kappa shape index (κ3) is 3.66. The molecule has 3 aromatic rings. The second-order valence-corrected chi connectivity index (χ2v) is 6.85. The van der Waals surface area contributed by atoms with E-state index < -0.39 is 16.7 Å². The van der Waals surface area contributed by atoms with E-state index in [0.717, 1.165) is 22.2 Å². The Bertz CT molecular complexity index is 1090. The predicted octanol–water partition coefficient (Wildman–Crippen LogP) is 4.71. The van der Waals surface area contributed by atoms with Crippen molar-refractivity contribution >= 4 is 40.2 Å². The van der Waals surface area contributed by atoms with E-state index in [4.69, 9.17) is 28.6 Å². The van der Waals surface area contributed by atoms with E-state index in [2.05, 4.69) is 10.1 Å². The Labute approximate surface area is 162 Å². The molecule has 0 amide bonds. The van der Waals surface area contributed by atoms with Crippen LogP contribution in [0.3, 0.4) is 0 Å². The molecule has 0 atom stereocenters. The van der Waals surface area contributed by atoms with E-state index in [-0.39, 0.29) is 36.8 Å². The standard InChI is InChI=1S/C14H6Cl2F3N5O2S/c15-8-3-6(14(17,18)19)4-9(16)11(8)23-13(20)27-12(22-23)7-1-2-21-5-10(7)24(25)26/h1-5,20H. The van der Waals surface area contributed by atoms with Crippen LogP contribution in [0.25, 0.3) is 16.3 Å². The fraction of sp³-hybridized carbons (Fsp3) is 0.0714. The number of rotatable bonds is 3. The number of pyridine rings is 1. The molecule has 2 heterocycles. The highest BCUT2D eigenvalue weighted by Crippen LogP contribution is 2.37. The van der Waals surface area contributed by atoms with Crippen molar-refractivity contribution in [2.45, 2.75) is 6.18 Å². The van der Waals surface area contributed by atoms with Gasteiger partial charge in [-0.1, -0.05) is 34.5 Å². The van der Waals surface area contributed by atoms with E-state index in [1.54, 1.807) is 0 Å². The largest absolute Gasteiger partial charge is 0.416 e. The molecule has 0 radical (unpaired) electrons. The first-order valence-corrected chi connectivity index (χ1v) is 8.47. The summed E-state index contributed by atoms with van der Waals surface area (Å²) in [6.07, 6.45) is -2.30. The molecule has 0 spiro atoms. The van der Waals surface area contributed by atoms with E-state index in [9.17, 15) is 23.3 Å². The van der Waals surface area contributed by atoms with Gasteiger partial charge in [-0.15, -0.1) is 0 Å². The SMILES string of the molecule is N=c1sc(-c2ccncc2[N+](=O)[O-])nn1-c1c(Cl)cc(C(F)(F)F)cc1Cl. The Kier molecular flexibility index (Phi) is 4.93. The average molecular weight is 436 g/mol. The summed E-state index contributed by atoms with van der Waals surface area (Å²) in [5.41, 5.74) is -1.40. The van der Waals surface area contributed by atoms with Gasteiger partial charge in [-0.2, -0.15) is 18.3 Å². The van der Waals surface area contributed by atoms with Crippen molar-refractivity contribution in [1.29, 1.82) is 5.41 Å². The maximum Gasteiger partial charge on any atom is 0.416 e. The van der Waals surface area contributed by atoms with Gasteiger partial charge in [0.15, 0.2) is 5.01 Å². The number of aromatic nitrogens is 3. The van der Waals surface area contributed by atoms with Crippen molar-refractivity contribution in [2.24, 2.45) is 0 Å². The zero-order valence-electron chi connectivity index (χ0n) is 12.8. The highest BCUT2D eigenvalue weighted by molar-refractivity contribution is 7.12. The van der Waals surface area contributed by atoms with Crippen LogP contribution >= 0.6 is 34.5 Å². The molecule has 0 aliphatic rings. The Morgan fingerprint density at radius 2 is 1.89 bits per heavy atom. The van der Waals surface area contributed by atoms with Gasteiger partial charge in [-0.3, -0.25) is 20.5 Å². The van der Waals surface area contributed by atoms with Crippen LogP contribution in [0.15, 0.2) is 30.6 Å². The Hall–Kier alpha value is -2.50. The molecule has 1 aromatic carbocycles. The molecule has 0 bridgehead atoms. The third-order valence-electron chi connectivity index (χ3n) is 3.36. The highest BCUT2D eigenvalue weighted by atomic mass is 35.5. The fourth-order valence-corrected chi connectivity index (χ4v) is 3.65. The molecule has 7 nitrogen and oxygen atoms in total. The summed E-state index contributed by atoms with van der Waals surface area (Å²) >= 11 is 12.7. The number of nitro groups is 1. The first kappa shape index (κ1) is 19.3. The van der Waals surface area contributed by atoms with Crippen LogP contribution in [0, 0.1) is 15.5 Å². The zero-order valence-corrected chi connectivity index (χ0v) is 15.1. The van der Waals surface area contributed by atoms with E-state index in [0.29, 0.717) is 12.1 Å². The van der Waals surface area contributed by atoms with Gasteiger partial charge in [-0.05, 0) is 18.2 Å². The van der Waals surface area contributed by atoms with Gasteiger partial charge >= 0.3 is 6.18 Å². The molecule has 0 aliphatic heterocycles. The number of nitrogens with one attached hydrogen (secondary N) is 1. The lowest BCUT2D eigenvalue weighted by Crippen LogP contribution is -2.14. The van der Waals surface area contributed by atoms with Crippen LogP contribution in [0.4, 0.5) is 18.9 Å². The first-order chi connectivity index (χ1) is 12.6. The van der Waals surface area contributed by atoms with Crippen LogP contribution in [-0.4, -0.2) is 19.7 Å². The molecule has 0 unspecified atom stereocenters. The smallest absolute Gasteiger partial charge is 0.273 e. The van der Waals surface area contributed by atoms with Crippen molar-refractivity contribution < 1.29 is 18.1 Å². The summed E-state index contributed by atoms with van der Waals surface area (Å²) in [6.45, 7) is 0. The molecule has 0 saturated heterocycles. The van der Waals surface area contributed by atoms with Crippen molar-refractivity contribution in [3.05, 3.63) is 61.1 Å². The third-order valence-corrected chi connectivity index (χ3v) is 4.80. The molecule has 13 heteroatoms. The minimum atomic E-state index is -4.65.